The van der Waals surface area contributed by atoms with Crippen molar-refractivity contribution in [2.75, 3.05) is 10.6 Å². The minimum absolute atomic E-state index is 0.154. The van der Waals surface area contributed by atoms with Crippen LogP contribution in [0.2, 0.25) is 5.02 Å². The molecular weight excluding hydrogens is 343 g/mol. The summed E-state index contributed by atoms with van der Waals surface area (Å²) < 4.78 is 13.2. The maximum Gasteiger partial charge on any atom is 0.274 e. The van der Waals surface area contributed by atoms with E-state index in [4.69, 9.17) is 11.6 Å². The first-order chi connectivity index (χ1) is 12.0. The molecule has 1 aromatic heterocycles. The average Bonchev–Trinajstić information content (AvgIpc) is 2.59. The van der Waals surface area contributed by atoms with Crippen LogP contribution in [0, 0.1) is 12.7 Å². The molecule has 0 saturated heterocycles. The molecule has 3 aromatic rings. The van der Waals surface area contributed by atoms with Gasteiger partial charge in [-0.1, -0.05) is 23.7 Å². The van der Waals surface area contributed by atoms with Gasteiger partial charge in [-0.15, -0.1) is 0 Å². The number of halogens is 2. The van der Waals surface area contributed by atoms with Crippen molar-refractivity contribution >= 4 is 34.7 Å². The van der Waals surface area contributed by atoms with Gasteiger partial charge in [0.05, 0.1) is 0 Å². The van der Waals surface area contributed by atoms with Gasteiger partial charge in [0.15, 0.2) is 0 Å². The van der Waals surface area contributed by atoms with Crippen LogP contribution >= 0.6 is 11.6 Å². The topological polar surface area (TPSA) is 66.9 Å². The summed E-state index contributed by atoms with van der Waals surface area (Å²) in [5.74, 6) is -0.442. The number of aromatic nitrogens is 2. The van der Waals surface area contributed by atoms with E-state index in [9.17, 15) is 9.18 Å². The highest BCUT2D eigenvalue weighted by atomic mass is 35.5. The molecule has 25 heavy (non-hydrogen) atoms. The predicted molar refractivity (Wildman–Crippen MR) is 95.9 cm³/mol. The molecule has 2 N–H and O–H groups in total. The highest BCUT2D eigenvalue weighted by Crippen LogP contribution is 2.25. The van der Waals surface area contributed by atoms with Crippen LogP contribution in [0.15, 0.2) is 54.9 Å². The standard InChI is InChI=1S/C18H14ClFN4O/c1-11-14(19)6-3-7-15(11)24-17-9-16(21-10-22-17)18(25)23-13-5-2-4-12(20)8-13/h2-10H,1H3,(H,23,25)(H,21,22,24). The molecule has 7 heteroatoms. The minimum atomic E-state index is -0.459. The molecule has 5 nitrogen and oxygen atoms in total. The van der Waals surface area contributed by atoms with E-state index in [0.29, 0.717) is 16.5 Å². The van der Waals surface area contributed by atoms with E-state index >= 15 is 0 Å². The number of nitrogens with zero attached hydrogens (tertiary/aromatic N) is 2. The zero-order valence-corrected chi connectivity index (χ0v) is 14.0. The molecule has 0 saturated carbocycles. The summed E-state index contributed by atoms with van der Waals surface area (Å²) in [5, 5.41) is 6.33. The van der Waals surface area contributed by atoms with E-state index in [1.54, 1.807) is 12.1 Å². The number of hydrogen-bond acceptors (Lipinski definition) is 4. The Bertz CT molecular complexity index is 932. The number of hydrogen-bond donors (Lipinski definition) is 2. The Kier molecular flexibility index (Phi) is 4.90. The van der Waals surface area contributed by atoms with Gasteiger partial charge in [-0.05, 0) is 42.8 Å². The molecule has 0 atom stereocenters. The number of carbonyl (C=O) groups excluding carboxylic acids is 1. The summed E-state index contributed by atoms with van der Waals surface area (Å²) in [6.45, 7) is 1.88. The lowest BCUT2D eigenvalue weighted by molar-refractivity contribution is 0.102. The van der Waals surface area contributed by atoms with Gasteiger partial charge in [0.25, 0.3) is 5.91 Å². The molecule has 2 aromatic carbocycles. The summed E-state index contributed by atoms with van der Waals surface area (Å²) in [4.78, 5) is 20.3. The minimum Gasteiger partial charge on any atom is -0.340 e. The maximum absolute atomic E-state index is 13.2. The van der Waals surface area contributed by atoms with Crippen LogP contribution in [0.3, 0.4) is 0 Å². The number of amides is 1. The molecule has 1 heterocycles. The Morgan fingerprint density at radius 2 is 1.92 bits per heavy atom. The molecule has 0 unspecified atom stereocenters. The number of anilines is 3. The van der Waals surface area contributed by atoms with Gasteiger partial charge in [-0.25, -0.2) is 14.4 Å². The quantitative estimate of drug-likeness (QED) is 0.718. The second-order valence-corrected chi connectivity index (χ2v) is 5.70. The summed E-state index contributed by atoms with van der Waals surface area (Å²) in [7, 11) is 0. The Morgan fingerprint density at radius 1 is 1.12 bits per heavy atom. The third-order valence-corrected chi connectivity index (χ3v) is 3.92. The van der Waals surface area contributed by atoms with Crippen molar-refractivity contribution in [3.8, 4) is 0 Å². The molecule has 0 aliphatic carbocycles. The molecule has 0 spiro atoms. The molecule has 0 bridgehead atoms. The molecule has 0 radical (unpaired) electrons. The number of rotatable bonds is 4. The van der Waals surface area contributed by atoms with Crippen LogP contribution in [-0.4, -0.2) is 15.9 Å². The van der Waals surface area contributed by atoms with Crippen LogP contribution in [-0.2, 0) is 0 Å². The van der Waals surface area contributed by atoms with Crippen LogP contribution in [0.4, 0.5) is 21.6 Å². The Labute approximate surface area is 148 Å². The predicted octanol–water partition coefficient (Wildman–Crippen LogP) is 4.57. The van der Waals surface area contributed by atoms with Crippen molar-refractivity contribution in [1.29, 1.82) is 0 Å². The van der Waals surface area contributed by atoms with Gasteiger partial charge < -0.3 is 10.6 Å². The number of carbonyl (C=O) groups is 1. The van der Waals surface area contributed by atoms with Gasteiger partial charge in [0.1, 0.15) is 23.7 Å². The second-order valence-electron chi connectivity index (χ2n) is 5.29. The summed E-state index contributed by atoms with van der Waals surface area (Å²) >= 11 is 6.10. The van der Waals surface area contributed by atoms with Gasteiger partial charge in [0, 0.05) is 22.5 Å². The van der Waals surface area contributed by atoms with Crippen LogP contribution in [0.1, 0.15) is 16.1 Å². The van der Waals surface area contributed by atoms with Crippen LogP contribution in [0.25, 0.3) is 0 Å². The monoisotopic (exact) mass is 356 g/mol. The van der Waals surface area contributed by atoms with E-state index in [0.717, 1.165) is 11.3 Å². The summed E-state index contributed by atoms with van der Waals surface area (Å²) in [6.07, 6.45) is 1.28. The van der Waals surface area contributed by atoms with Gasteiger partial charge in [0.2, 0.25) is 0 Å². The van der Waals surface area contributed by atoms with E-state index < -0.39 is 11.7 Å². The third-order valence-electron chi connectivity index (χ3n) is 3.51. The molecular formula is C18H14ClFN4O. The van der Waals surface area contributed by atoms with E-state index in [1.807, 2.05) is 19.1 Å². The van der Waals surface area contributed by atoms with Crippen molar-refractivity contribution in [2.24, 2.45) is 0 Å². The smallest absolute Gasteiger partial charge is 0.274 e. The Morgan fingerprint density at radius 3 is 2.72 bits per heavy atom. The second kappa shape index (κ2) is 7.27. The first-order valence-corrected chi connectivity index (χ1v) is 7.82. The third kappa shape index (κ3) is 4.10. The lowest BCUT2D eigenvalue weighted by atomic mass is 10.2. The molecule has 0 aliphatic rings. The first kappa shape index (κ1) is 16.9. The van der Waals surface area contributed by atoms with Crippen molar-refractivity contribution < 1.29 is 9.18 Å². The SMILES string of the molecule is Cc1c(Cl)cccc1Nc1cc(C(=O)Nc2cccc(F)c2)ncn1. The number of nitrogens with one attached hydrogen (secondary N) is 2. The fraction of sp³-hybridized carbons (Fsp3) is 0.0556. The molecule has 126 valence electrons. The van der Waals surface area contributed by atoms with Crippen molar-refractivity contribution in [3.63, 3.8) is 0 Å². The number of benzene rings is 2. The van der Waals surface area contributed by atoms with Crippen molar-refractivity contribution in [3.05, 3.63) is 77.0 Å². The first-order valence-electron chi connectivity index (χ1n) is 7.44. The normalized spacial score (nSPS) is 10.4. The molecule has 0 aliphatic heterocycles. The maximum atomic E-state index is 13.2. The molecule has 0 fully saturated rings. The summed E-state index contributed by atoms with van der Waals surface area (Å²) in [6, 6.07) is 12.6. The van der Waals surface area contributed by atoms with Crippen molar-refractivity contribution in [2.45, 2.75) is 6.92 Å². The highest BCUT2D eigenvalue weighted by Gasteiger charge is 2.11. The Hall–Kier alpha value is -2.99. The molecule has 1 amide bonds. The van der Waals surface area contributed by atoms with Gasteiger partial charge in [-0.2, -0.15) is 0 Å². The lowest BCUT2D eigenvalue weighted by Gasteiger charge is -2.10. The van der Waals surface area contributed by atoms with Gasteiger partial charge in [-0.3, -0.25) is 4.79 Å². The van der Waals surface area contributed by atoms with E-state index in [1.165, 1.54) is 30.6 Å². The fourth-order valence-corrected chi connectivity index (χ4v) is 2.37. The molecule has 3 rings (SSSR count). The highest BCUT2D eigenvalue weighted by molar-refractivity contribution is 6.31. The van der Waals surface area contributed by atoms with Gasteiger partial charge >= 0.3 is 0 Å². The van der Waals surface area contributed by atoms with Crippen LogP contribution < -0.4 is 10.6 Å². The Balaban J connectivity index is 1.79. The zero-order chi connectivity index (χ0) is 17.8. The largest absolute Gasteiger partial charge is 0.340 e. The van der Waals surface area contributed by atoms with Crippen molar-refractivity contribution in [1.82, 2.24) is 9.97 Å². The van der Waals surface area contributed by atoms with Crippen LogP contribution in [0.5, 0.6) is 0 Å². The zero-order valence-electron chi connectivity index (χ0n) is 13.3. The lowest BCUT2D eigenvalue weighted by Crippen LogP contribution is -2.14. The average molecular weight is 357 g/mol. The van der Waals surface area contributed by atoms with E-state index in [2.05, 4.69) is 20.6 Å². The van der Waals surface area contributed by atoms with E-state index in [-0.39, 0.29) is 5.69 Å². The summed E-state index contributed by atoms with van der Waals surface area (Å²) in [5.41, 5.74) is 2.15. The fourth-order valence-electron chi connectivity index (χ4n) is 2.19.